The first-order chi connectivity index (χ1) is 27.2. The van der Waals surface area contributed by atoms with Crippen LogP contribution in [-0.2, 0) is 34.3 Å². The van der Waals surface area contributed by atoms with Gasteiger partial charge < -0.3 is 25.3 Å². The van der Waals surface area contributed by atoms with E-state index in [1.54, 1.807) is 38.3 Å². The van der Waals surface area contributed by atoms with Gasteiger partial charge in [-0.2, -0.15) is 0 Å². The van der Waals surface area contributed by atoms with Crippen molar-refractivity contribution >= 4 is 69.3 Å². The highest BCUT2D eigenvalue weighted by molar-refractivity contribution is 8.00. The molecule has 2 aliphatic rings. The van der Waals surface area contributed by atoms with Gasteiger partial charge in [0, 0.05) is 17.0 Å². The number of thioether (sulfide) groups is 1. The van der Waals surface area contributed by atoms with Crippen LogP contribution >= 0.6 is 34.7 Å². The molecule has 0 saturated carbocycles. The molecule has 6 rings (SSSR count). The van der Waals surface area contributed by atoms with E-state index in [1.807, 2.05) is 91.0 Å². The largest absolute Gasteiger partial charge is 0.477 e. The number of halogens is 1. The molecule has 3 N–H and O–H groups in total. The predicted molar refractivity (Wildman–Crippen MR) is 222 cm³/mol. The zero-order valence-electron chi connectivity index (χ0n) is 31.9. The topological polar surface area (TPSA) is 160 Å². The number of hydrogen-bond acceptors (Lipinski definition) is 11. The SMILES string of the molecule is CC(C)(C)OC(=O)C(C)(C)O/N=C(\C(=O)NC1C(=O)N2C(C(=O)O)=C(/C=C\CCl)CS[C@@H]12)c1csc(NC(c2ccccc2)(c2ccccc2)c2ccccc2)n1. The van der Waals surface area contributed by atoms with Crippen LogP contribution in [0.5, 0.6) is 0 Å². The molecule has 15 heteroatoms. The van der Waals surface area contributed by atoms with Gasteiger partial charge in [-0.3, -0.25) is 14.5 Å². The number of carbonyl (C=O) groups is 4. The quantitative estimate of drug-likeness (QED) is 0.0304. The van der Waals surface area contributed by atoms with E-state index in [-0.39, 0.29) is 28.7 Å². The van der Waals surface area contributed by atoms with Gasteiger partial charge in [0.05, 0.1) is 0 Å². The average Bonchev–Trinajstić information content (AvgIpc) is 3.65. The average molecular weight is 828 g/mol. The van der Waals surface area contributed by atoms with Crippen molar-refractivity contribution in [3.8, 4) is 0 Å². The number of carbonyl (C=O) groups excluding carboxylic acids is 3. The number of carboxylic acid groups (broad SMARTS) is 1. The number of benzene rings is 3. The number of β-lactam (4-membered cyclic amide) rings is 1. The highest BCUT2D eigenvalue weighted by Gasteiger charge is 2.54. The Hall–Kier alpha value is -5.44. The first-order valence-corrected chi connectivity index (χ1v) is 20.5. The number of anilines is 1. The van der Waals surface area contributed by atoms with E-state index in [0.717, 1.165) is 21.6 Å². The fraction of sp³-hybridized carbons (Fsp3) is 0.286. The Bertz CT molecular complexity index is 2120. The third-order valence-electron chi connectivity index (χ3n) is 9.03. The Labute approximate surface area is 344 Å². The van der Waals surface area contributed by atoms with Crippen LogP contribution in [0.2, 0.25) is 0 Å². The van der Waals surface area contributed by atoms with Gasteiger partial charge in [-0.05, 0) is 56.9 Å². The number of esters is 1. The Kier molecular flexibility index (Phi) is 12.3. The number of alkyl halides is 1. The number of thiazole rings is 1. The number of fused-ring (bicyclic) bond motifs is 1. The van der Waals surface area contributed by atoms with Crippen LogP contribution in [0.15, 0.2) is 125 Å². The summed E-state index contributed by atoms with van der Waals surface area (Å²) in [6.45, 7) is 8.08. The van der Waals surface area contributed by atoms with Crippen LogP contribution in [0, 0.1) is 0 Å². The predicted octanol–water partition coefficient (Wildman–Crippen LogP) is 6.92. The van der Waals surface area contributed by atoms with Crippen molar-refractivity contribution < 1.29 is 33.9 Å². The molecule has 0 bridgehead atoms. The Balaban J connectivity index is 1.37. The molecule has 57 heavy (non-hydrogen) atoms. The van der Waals surface area contributed by atoms with Gasteiger partial charge in [0.15, 0.2) is 10.8 Å². The third kappa shape index (κ3) is 8.78. The summed E-state index contributed by atoms with van der Waals surface area (Å²) in [4.78, 5) is 64.9. The molecule has 12 nitrogen and oxygen atoms in total. The summed E-state index contributed by atoms with van der Waals surface area (Å²) < 4.78 is 5.54. The molecule has 0 spiro atoms. The molecular weight excluding hydrogens is 786 g/mol. The molecule has 2 atom stereocenters. The summed E-state index contributed by atoms with van der Waals surface area (Å²) in [6.07, 6.45) is 3.19. The van der Waals surface area contributed by atoms with Crippen molar-refractivity contribution in [2.45, 2.75) is 62.8 Å². The first-order valence-electron chi connectivity index (χ1n) is 18.0. The van der Waals surface area contributed by atoms with Crippen molar-refractivity contribution in [1.82, 2.24) is 15.2 Å². The highest BCUT2D eigenvalue weighted by atomic mass is 35.5. The third-order valence-corrected chi connectivity index (χ3v) is 11.3. The Morgan fingerprint density at radius 1 is 0.947 bits per heavy atom. The van der Waals surface area contributed by atoms with Crippen LogP contribution in [-0.4, -0.2) is 78.7 Å². The fourth-order valence-electron chi connectivity index (χ4n) is 6.35. The first kappa shape index (κ1) is 41.2. The molecule has 0 aliphatic carbocycles. The lowest BCUT2D eigenvalue weighted by atomic mass is 9.77. The van der Waals surface area contributed by atoms with Gasteiger partial charge >= 0.3 is 11.9 Å². The molecule has 1 fully saturated rings. The van der Waals surface area contributed by atoms with Gasteiger partial charge in [0.25, 0.3) is 11.8 Å². The molecule has 1 unspecified atom stereocenters. The maximum atomic E-state index is 14.2. The van der Waals surface area contributed by atoms with Gasteiger partial charge in [-0.15, -0.1) is 34.7 Å². The van der Waals surface area contributed by atoms with Crippen molar-refractivity contribution in [2.75, 3.05) is 16.9 Å². The number of carboxylic acids is 1. The zero-order chi connectivity index (χ0) is 41.0. The minimum Gasteiger partial charge on any atom is -0.477 e. The number of aromatic nitrogens is 1. The van der Waals surface area contributed by atoms with Crippen LogP contribution in [0.3, 0.4) is 0 Å². The number of ether oxygens (including phenoxy) is 1. The fourth-order valence-corrected chi connectivity index (χ4v) is 8.51. The van der Waals surface area contributed by atoms with Crippen molar-refractivity contribution in [3.63, 3.8) is 0 Å². The number of nitrogens with one attached hydrogen (secondary N) is 2. The Morgan fingerprint density at radius 3 is 2.02 bits per heavy atom. The second-order valence-electron chi connectivity index (χ2n) is 14.7. The maximum Gasteiger partial charge on any atom is 0.353 e. The van der Waals surface area contributed by atoms with Crippen LogP contribution in [0.4, 0.5) is 5.13 Å². The van der Waals surface area contributed by atoms with E-state index in [0.29, 0.717) is 10.7 Å². The number of hydrogen-bond donors (Lipinski definition) is 3. The summed E-state index contributed by atoms with van der Waals surface area (Å²) in [5.41, 5.74) is -0.529. The minimum atomic E-state index is -1.63. The number of amides is 2. The lowest BCUT2D eigenvalue weighted by Crippen LogP contribution is -2.71. The summed E-state index contributed by atoms with van der Waals surface area (Å²) in [5.74, 6) is -2.97. The Morgan fingerprint density at radius 2 is 1.51 bits per heavy atom. The lowest BCUT2D eigenvalue weighted by molar-refractivity contribution is -0.179. The molecule has 296 valence electrons. The summed E-state index contributed by atoms with van der Waals surface area (Å²) in [5, 5.41) is 22.0. The van der Waals surface area contributed by atoms with Crippen molar-refractivity contribution in [3.05, 3.63) is 142 Å². The van der Waals surface area contributed by atoms with Gasteiger partial charge in [0.1, 0.15) is 33.9 Å². The minimum absolute atomic E-state index is 0.0996. The van der Waals surface area contributed by atoms with Crippen molar-refractivity contribution in [1.29, 1.82) is 0 Å². The molecular formula is C42H42ClN5O7S2. The van der Waals surface area contributed by atoms with Crippen molar-refractivity contribution in [2.24, 2.45) is 5.16 Å². The lowest BCUT2D eigenvalue weighted by Gasteiger charge is -2.49. The molecule has 2 amide bonds. The molecule has 1 saturated heterocycles. The van der Waals surface area contributed by atoms with Gasteiger partial charge in [-0.1, -0.05) is 108 Å². The number of oxime groups is 1. The molecule has 1 aromatic heterocycles. The van der Waals surface area contributed by atoms with E-state index in [4.69, 9.17) is 26.2 Å². The number of nitrogens with zero attached hydrogens (tertiary/aromatic N) is 3. The molecule has 3 heterocycles. The summed E-state index contributed by atoms with van der Waals surface area (Å²) in [7, 11) is 0. The molecule has 0 radical (unpaired) electrons. The standard InChI is InChI=1S/C42H42ClN5O7S2/c1-40(2,3)54-38(53)41(4,5)55-47-31(34(49)45-32-35(50)48-33(37(51)52)26(16-15-23-43)24-56-36(32)48)30-25-57-39(44-30)46-42(27-17-9-6-10-18-27,28-19-11-7-12-20-28)29-21-13-8-14-22-29/h6-22,25,32,36H,23-24H2,1-5H3,(H,44,46)(H,45,49)(H,51,52)/b16-15-,47-31-/t32?,36-/m0/s1. The number of allylic oxidation sites excluding steroid dienone is 2. The molecule has 4 aromatic rings. The van der Waals surface area contributed by atoms with Crippen LogP contribution in [0.25, 0.3) is 0 Å². The normalized spacial score (nSPS) is 17.5. The molecule has 3 aromatic carbocycles. The second kappa shape index (κ2) is 17.0. The van der Waals surface area contributed by atoms with E-state index < -0.39 is 51.9 Å². The van der Waals surface area contributed by atoms with Crippen LogP contribution < -0.4 is 10.6 Å². The van der Waals surface area contributed by atoms with E-state index in [9.17, 15) is 24.3 Å². The van der Waals surface area contributed by atoms with Gasteiger partial charge in [0.2, 0.25) is 5.60 Å². The zero-order valence-corrected chi connectivity index (χ0v) is 34.3. The van der Waals surface area contributed by atoms with E-state index in [1.165, 1.54) is 36.9 Å². The van der Waals surface area contributed by atoms with Gasteiger partial charge in [-0.25, -0.2) is 14.6 Å². The maximum absolute atomic E-state index is 14.2. The molecule has 2 aliphatic heterocycles. The highest BCUT2D eigenvalue weighted by Crippen LogP contribution is 2.42. The second-order valence-corrected chi connectivity index (χ2v) is 16.9. The number of rotatable bonds is 14. The smallest absolute Gasteiger partial charge is 0.353 e. The summed E-state index contributed by atoms with van der Waals surface area (Å²) >= 11 is 8.31. The van der Waals surface area contributed by atoms with Crippen LogP contribution in [0.1, 0.15) is 57.0 Å². The van der Waals surface area contributed by atoms with E-state index in [2.05, 4.69) is 15.8 Å². The summed E-state index contributed by atoms with van der Waals surface area (Å²) in [6, 6.07) is 28.7. The number of aliphatic carboxylic acids is 1. The van der Waals surface area contributed by atoms with E-state index >= 15 is 0 Å². The monoisotopic (exact) mass is 827 g/mol.